The van der Waals surface area contributed by atoms with E-state index in [0.717, 1.165) is 0 Å². The first-order chi connectivity index (χ1) is 7.10. The summed E-state index contributed by atoms with van der Waals surface area (Å²) in [5.74, 6) is -0.431. The average Bonchev–Trinajstić information content (AvgIpc) is 2.26. The normalized spacial score (nSPS) is 25.9. The first kappa shape index (κ1) is 11.8. The molecule has 1 fully saturated rings. The lowest BCUT2D eigenvalue weighted by molar-refractivity contribution is -0.147. The molecule has 0 bridgehead atoms. The Kier molecular flexibility index (Phi) is 3.90. The third kappa shape index (κ3) is 2.59. The van der Waals surface area contributed by atoms with Crippen LogP contribution in [0.2, 0.25) is 0 Å². The third-order valence-corrected chi connectivity index (χ3v) is 2.39. The number of esters is 1. The Balaban J connectivity index is 2.74. The van der Waals surface area contributed by atoms with Gasteiger partial charge in [-0.15, -0.1) is 0 Å². The molecule has 0 aromatic heterocycles. The van der Waals surface area contributed by atoms with Gasteiger partial charge in [-0.2, -0.15) is 0 Å². The predicted octanol–water partition coefficient (Wildman–Crippen LogP) is -0.412. The van der Waals surface area contributed by atoms with Crippen molar-refractivity contribution in [3.05, 3.63) is 0 Å². The maximum Gasteiger partial charge on any atom is 0.410 e. The average molecular weight is 216 g/mol. The highest BCUT2D eigenvalue weighted by atomic mass is 16.5. The Morgan fingerprint density at radius 3 is 2.53 bits per heavy atom. The molecule has 6 nitrogen and oxygen atoms in total. The number of hydrogen-bond donors (Lipinski definition) is 1. The molecule has 1 heterocycles. The standard InChI is InChI=1S/C9H16N2O4/c1-6-5-11(9(13)15-3)7(4-10-6)8(12)14-2/h6-7,10H,4-5H2,1-3H3. The highest BCUT2D eigenvalue weighted by Crippen LogP contribution is 2.10. The van der Waals surface area contributed by atoms with Crippen LogP contribution in [-0.2, 0) is 14.3 Å². The lowest BCUT2D eigenvalue weighted by Crippen LogP contribution is -2.60. The van der Waals surface area contributed by atoms with E-state index in [1.54, 1.807) is 0 Å². The molecule has 1 rings (SSSR count). The van der Waals surface area contributed by atoms with Crippen molar-refractivity contribution in [1.82, 2.24) is 10.2 Å². The Morgan fingerprint density at radius 1 is 1.33 bits per heavy atom. The zero-order valence-electron chi connectivity index (χ0n) is 9.15. The Bertz CT molecular complexity index is 256. The number of rotatable bonds is 1. The number of piperazine rings is 1. The zero-order valence-corrected chi connectivity index (χ0v) is 9.15. The van der Waals surface area contributed by atoms with Crippen LogP contribution < -0.4 is 5.32 Å². The number of nitrogens with zero attached hydrogens (tertiary/aromatic N) is 1. The van der Waals surface area contributed by atoms with Gasteiger partial charge >= 0.3 is 12.1 Å². The largest absolute Gasteiger partial charge is 0.467 e. The molecule has 6 heteroatoms. The summed E-state index contributed by atoms with van der Waals surface area (Å²) in [5.41, 5.74) is 0. The summed E-state index contributed by atoms with van der Waals surface area (Å²) in [6.07, 6.45) is -0.501. The minimum atomic E-state index is -0.598. The fraction of sp³-hybridized carbons (Fsp3) is 0.778. The maximum atomic E-state index is 11.4. The summed E-state index contributed by atoms with van der Waals surface area (Å²) in [7, 11) is 2.60. The van der Waals surface area contributed by atoms with E-state index >= 15 is 0 Å². The summed E-state index contributed by atoms with van der Waals surface area (Å²) in [5, 5.41) is 3.11. The lowest BCUT2D eigenvalue weighted by atomic mass is 10.1. The number of carbonyl (C=O) groups excluding carboxylic acids is 2. The van der Waals surface area contributed by atoms with Crippen molar-refractivity contribution < 1.29 is 19.1 Å². The minimum absolute atomic E-state index is 0.144. The first-order valence-electron chi connectivity index (χ1n) is 4.76. The van der Waals surface area contributed by atoms with Crippen LogP contribution in [0.1, 0.15) is 6.92 Å². The number of nitrogens with one attached hydrogen (secondary N) is 1. The van der Waals surface area contributed by atoms with Crippen LogP contribution in [0.4, 0.5) is 4.79 Å². The van der Waals surface area contributed by atoms with Crippen LogP contribution in [0.25, 0.3) is 0 Å². The van der Waals surface area contributed by atoms with Gasteiger partial charge < -0.3 is 14.8 Å². The molecular formula is C9H16N2O4. The fourth-order valence-electron chi connectivity index (χ4n) is 1.58. The molecule has 0 radical (unpaired) electrons. The second kappa shape index (κ2) is 4.97. The Labute approximate surface area is 88.5 Å². The molecule has 1 saturated heterocycles. The summed E-state index contributed by atoms with van der Waals surface area (Å²) in [6.45, 7) is 2.76. The van der Waals surface area contributed by atoms with E-state index in [1.165, 1.54) is 19.1 Å². The Morgan fingerprint density at radius 2 is 2.00 bits per heavy atom. The first-order valence-corrected chi connectivity index (χ1v) is 4.76. The van der Waals surface area contributed by atoms with Crippen molar-refractivity contribution in [3.8, 4) is 0 Å². The highest BCUT2D eigenvalue weighted by Gasteiger charge is 2.35. The molecule has 0 aliphatic carbocycles. The minimum Gasteiger partial charge on any atom is -0.467 e. The molecule has 0 spiro atoms. The van der Waals surface area contributed by atoms with Gasteiger partial charge in [0, 0.05) is 19.1 Å². The fourth-order valence-corrected chi connectivity index (χ4v) is 1.58. The van der Waals surface area contributed by atoms with Crippen LogP contribution >= 0.6 is 0 Å². The van der Waals surface area contributed by atoms with Crippen molar-refractivity contribution in [2.45, 2.75) is 19.0 Å². The lowest BCUT2D eigenvalue weighted by Gasteiger charge is -2.36. The van der Waals surface area contributed by atoms with Gasteiger partial charge in [0.2, 0.25) is 0 Å². The third-order valence-electron chi connectivity index (χ3n) is 2.39. The van der Waals surface area contributed by atoms with E-state index in [-0.39, 0.29) is 6.04 Å². The molecule has 1 N–H and O–H groups in total. The molecular weight excluding hydrogens is 200 g/mol. The monoisotopic (exact) mass is 216 g/mol. The van der Waals surface area contributed by atoms with Crippen LogP contribution in [0.3, 0.4) is 0 Å². The van der Waals surface area contributed by atoms with Crippen molar-refractivity contribution in [3.63, 3.8) is 0 Å². The highest BCUT2D eigenvalue weighted by molar-refractivity contribution is 5.81. The number of hydrogen-bond acceptors (Lipinski definition) is 5. The molecule has 0 aromatic rings. The zero-order chi connectivity index (χ0) is 11.4. The van der Waals surface area contributed by atoms with E-state index in [1.807, 2.05) is 6.92 Å². The van der Waals surface area contributed by atoms with Gasteiger partial charge in [0.15, 0.2) is 0 Å². The van der Waals surface area contributed by atoms with Gasteiger partial charge in [-0.25, -0.2) is 9.59 Å². The summed E-state index contributed by atoms with van der Waals surface area (Å²) in [4.78, 5) is 24.2. The van der Waals surface area contributed by atoms with Crippen molar-refractivity contribution in [2.24, 2.45) is 0 Å². The smallest absolute Gasteiger partial charge is 0.410 e. The molecule has 1 amide bonds. The van der Waals surface area contributed by atoms with E-state index in [2.05, 4.69) is 14.8 Å². The molecule has 2 unspecified atom stereocenters. The molecule has 15 heavy (non-hydrogen) atoms. The second-order valence-corrected chi connectivity index (χ2v) is 3.47. The van der Waals surface area contributed by atoms with Crippen molar-refractivity contribution in [2.75, 3.05) is 27.3 Å². The van der Waals surface area contributed by atoms with Gasteiger partial charge in [-0.1, -0.05) is 0 Å². The van der Waals surface area contributed by atoms with Gasteiger partial charge in [0.1, 0.15) is 6.04 Å². The topological polar surface area (TPSA) is 67.9 Å². The summed E-state index contributed by atoms with van der Waals surface area (Å²) < 4.78 is 9.24. The second-order valence-electron chi connectivity index (χ2n) is 3.47. The molecule has 1 aliphatic heterocycles. The van der Waals surface area contributed by atoms with E-state index < -0.39 is 18.1 Å². The molecule has 0 saturated carbocycles. The number of carbonyl (C=O) groups is 2. The number of ether oxygens (including phenoxy) is 2. The van der Waals surface area contributed by atoms with Gasteiger partial charge in [-0.05, 0) is 6.92 Å². The van der Waals surface area contributed by atoms with Crippen LogP contribution in [0.5, 0.6) is 0 Å². The molecule has 86 valence electrons. The van der Waals surface area contributed by atoms with Gasteiger partial charge in [0.25, 0.3) is 0 Å². The van der Waals surface area contributed by atoms with E-state index in [4.69, 9.17) is 0 Å². The quantitative estimate of drug-likeness (QED) is 0.603. The molecule has 2 atom stereocenters. The number of amides is 1. The van der Waals surface area contributed by atoms with Crippen LogP contribution in [0, 0.1) is 0 Å². The maximum absolute atomic E-state index is 11.4. The predicted molar refractivity (Wildman–Crippen MR) is 52.4 cm³/mol. The van der Waals surface area contributed by atoms with Crippen molar-refractivity contribution in [1.29, 1.82) is 0 Å². The number of methoxy groups -OCH3 is 2. The van der Waals surface area contributed by atoms with Crippen LogP contribution in [0.15, 0.2) is 0 Å². The Hall–Kier alpha value is -1.30. The van der Waals surface area contributed by atoms with Gasteiger partial charge in [-0.3, -0.25) is 4.90 Å². The molecule has 0 aromatic carbocycles. The van der Waals surface area contributed by atoms with Crippen LogP contribution in [-0.4, -0.2) is 56.4 Å². The summed E-state index contributed by atoms with van der Waals surface area (Å²) >= 11 is 0. The summed E-state index contributed by atoms with van der Waals surface area (Å²) in [6, 6.07) is -0.455. The van der Waals surface area contributed by atoms with E-state index in [9.17, 15) is 9.59 Å². The van der Waals surface area contributed by atoms with Gasteiger partial charge in [0.05, 0.1) is 14.2 Å². The van der Waals surface area contributed by atoms with E-state index in [0.29, 0.717) is 13.1 Å². The molecule has 1 aliphatic rings. The SMILES string of the molecule is COC(=O)C1CNC(C)CN1C(=O)OC. The van der Waals surface area contributed by atoms with Crippen molar-refractivity contribution >= 4 is 12.1 Å².